The fourth-order valence-corrected chi connectivity index (χ4v) is 2.04. The van der Waals surface area contributed by atoms with Crippen molar-refractivity contribution in [2.75, 3.05) is 11.9 Å². The number of aromatic nitrogens is 3. The van der Waals surface area contributed by atoms with Gasteiger partial charge >= 0.3 is 5.69 Å². The third-order valence-electron chi connectivity index (χ3n) is 2.73. The number of pyridine rings is 1. The molecule has 0 unspecified atom stereocenters. The number of hydrogen-bond donors (Lipinski definition) is 0. The fourth-order valence-electron chi connectivity index (χ4n) is 1.84. The number of nitro groups is 1. The Morgan fingerprint density at radius 2 is 2.00 bits per heavy atom. The SMILES string of the molecule is Cc1nc(Cl)nc(N(C)Cc2ccncc2)c1[N+](=O)[O-]. The second-order valence-corrected chi connectivity index (χ2v) is 4.56. The Balaban J connectivity index is 2.38. The first-order valence-corrected chi connectivity index (χ1v) is 6.15. The van der Waals surface area contributed by atoms with Crippen molar-refractivity contribution in [2.45, 2.75) is 13.5 Å². The van der Waals surface area contributed by atoms with Crippen molar-refractivity contribution in [3.8, 4) is 0 Å². The summed E-state index contributed by atoms with van der Waals surface area (Å²) in [6.07, 6.45) is 3.32. The Hall–Kier alpha value is -2.28. The predicted octanol–water partition coefficient (Wildman–Crippen LogP) is 2.38. The van der Waals surface area contributed by atoms with Crippen molar-refractivity contribution in [1.82, 2.24) is 15.0 Å². The maximum Gasteiger partial charge on any atom is 0.332 e. The number of nitrogens with zero attached hydrogens (tertiary/aromatic N) is 5. The molecule has 0 aromatic carbocycles. The number of halogens is 1. The van der Waals surface area contributed by atoms with Crippen molar-refractivity contribution in [3.63, 3.8) is 0 Å². The van der Waals surface area contributed by atoms with Crippen LogP contribution in [0.25, 0.3) is 0 Å². The molecule has 0 amide bonds. The molecule has 7 nitrogen and oxygen atoms in total. The van der Waals surface area contributed by atoms with Gasteiger partial charge in [0.1, 0.15) is 5.69 Å². The van der Waals surface area contributed by atoms with E-state index in [4.69, 9.17) is 11.6 Å². The van der Waals surface area contributed by atoms with Crippen LogP contribution in [-0.4, -0.2) is 26.9 Å². The van der Waals surface area contributed by atoms with Crippen LogP contribution in [0.2, 0.25) is 5.28 Å². The molecule has 8 heteroatoms. The van der Waals surface area contributed by atoms with Gasteiger partial charge in [-0.2, -0.15) is 4.98 Å². The molecule has 0 aliphatic heterocycles. The first kappa shape index (κ1) is 14.1. The maximum atomic E-state index is 11.2. The van der Waals surface area contributed by atoms with E-state index in [1.54, 1.807) is 24.3 Å². The summed E-state index contributed by atoms with van der Waals surface area (Å²) in [6, 6.07) is 3.66. The van der Waals surface area contributed by atoms with E-state index in [1.165, 1.54) is 6.92 Å². The van der Waals surface area contributed by atoms with Gasteiger partial charge in [0.25, 0.3) is 0 Å². The monoisotopic (exact) mass is 293 g/mol. The highest BCUT2D eigenvalue weighted by molar-refractivity contribution is 6.28. The van der Waals surface area contributed by atoms with Crippen molar-refractivity contribution >= 4 is 23.1 Å². The van der Waals surface area contributed by atoms with E-state index in [9.17, 15) is 10.1 Å². The number of hydrogen-bond acceptors (Lipinski definition) is 6. The number of aryl methyl sites for hydroxylation is 1. The second kappa shape index (κ2) is 5.79. The molecule has 0 saturated heterocycles. The lowest BCUT2D eigenvalue weighted by Crippen LogP contribution is -2.20. The van der Waals surface area contributed by atoms with Crippen molar-refractivity contribution < 1.29 is 4.92 Å². The minimum atomic E-state index is -0.496. The van der Waals surface area contributed by atoms with E-state index in [0.717, 1.165) is 5.56 Å². The quantitative estimate of drug-likeness (QED) is 0.489. The first-order valence-electron chi connectivity index (χ1n) is 5.77. The van der Waals surface area contributed by atoms with Crippen LogP contribution in [0.4, 0.5) is 11.5 Å². The molecule has 0 aliphatic rings. The molecule has 0 N–H and O–H groups in total. The minimum Gasteiger partial charge on any atom is -0.349 e. The average Bonchev–Trinajstić information content (AvgIpc) is 2.38. The zero-order chi connectivity index (χ0) is 14.7. The summed E-state index contributed by atoms with van der Waals surface area (Å²) in [5.74, 6) is 0.198. The van der Waals surface area contributed by atoms with Crippen molar-refractivity contribution in [2.24, 2.45) is 0 Å². The molecule has 20 heavy (non-hydrogen) atoms. The van der Waals surface area contributed by atoms with Crippen LogP contribution in [0.15, 0.2) is 24.5 Å². The number of anilines is 1. The highest BCUT2D eigenvalue weighted by atomic mass is 35.5. The molecule has 2 rings (SSSR count). The van der Waals surface area contributed by atoms with Gasteiger partial charge in [-0.1, -0.05) is 0 Å². The lowest BCUT2D eigenvalue weighted by molar-refractivity contribution is -0.385. The zero-order valence-electron chi connectivity index (χ0n) is 10.9. The molecule has 104 valence electrons. The first-order chi connectivity index (χ1) is 9.49. The zero-order valence-corrected chi connectivity index (χ0v) is 11.7. The standard InChI is InChI=1S/C12H12ClN5O2/c1-8-10(18(19)20)11(16-12(13)15-8)17(2)7-9-3-5-14-6-4-9/h3-6H,7H2,1-2H3. The summed E-state index contributed by atoms with van der Waals surface area (Å²) in [7, 11) is 1.71. The van der Waals surface area contributed by atoms with Crippen molar-refractivity contribution in [1.29, 1.82) is 0 Å². The van der Waals surface area contributed by atoms with Crippen LogP contribution in [-0.2, 0) is 6.54 Å². The van der Waals surface area contributed by atoms with E-state index in [1.807, 2.05) is 12.1 Å². The molecular weight excluding hydrogens is 282 g/mol. The Morgan fingerprint density at radius 3 is 2.60 bits per heavy atom. The summed E-state index contributed by atoms with van der Waals surface area (Å²) in [4.78, 5) is 24.0. The van der Waals surface area contributed by atoms with E-state index >= 15 is 0 Å². The molecule has 0 spiro atoms. The van der Waals surface area contributed by atoms with Crippen LogP contribution in [0.1, 0.15) is 11.3 Å². The van der Waals surface area contributed by atoms with Gasteiger partial charge in [0.15, 0.2) is 0 Å². The summed E-state index contributed by atoms with van der Waals surface area (Å²) in [5, 5.41) is 11.1. The highest BCUT2D eigenvalue weighted by Gasteiger charge is 2.24. The van der Waals surface area contributed by atoms with Crippen LogP contribution >= 0.6 is 11.6 Å². The summed E-state index contributed by atoms with van der Waals surface area (Å²) in [6.45, 7) is 1.99. The van der Waals surface area contributed by atoms with E-state index in [-0.39, 0.29) is 22.5 Å². The molecule has 2 heterocycles. The third-order valence-corrected chi connectivity index (χ3v) is 2.89. The Labute approximate surface area is 120 Å². The molecular formula is C12H12ClN5O2. The molecule has 0 saturated carbocycles. The highest BCUT2D eigenvalue weighted by Crippen LogP contribution is 2.29. The van der Waals surface area contributed by atoms with Gasteiger partial charge in [0.05, 0.1) is 4.92 Å². The van der Waals surface area contributed by atoms with E-state index in [0.29, 0.717) is 6.54 Å². The van der Waals surface area contributed by atoms with Gasteiger partial charge in [-0.05, 0) is 36.2 Å². The van der Waals surface area contributed by atoms with Gasteiger partial charge < -0.3 is 4.90 Å². The predicted molar refractivity (Wildman–Crippen MR) is 74.8 cm³/mol. The van der Waals surface area contributed by atoms with Crippen LogP contribution in [0.5, 0.6) is 0 Å². The Bertz CT molecular complexity index is 635. The van der Waals surface area contributed by atoms with Gasteiger partial charge in [0.2, 0.25) is 11.1 Å². The Kier molecular flexibility index (Phi) is 4.09. The smallest absolute Gasteiger partial charge is 0.332 e. The largest absolute Gasteiger partial charge is 0.349 e. The lowest BCUT2D eigenvalue weighted by Gasteiger charge is -2.18. The van der Waals surface area contributed by atoms with Gasteiger partial charge in [-0.3, -0.25) is 15.1 Å². The minimum absolute atomic E-state index is 0.00956. The van der Waals surface area contributed by atoms with Gasteiger partial charge in [0, 0.05) is 26.0 Å². The fraction of sp³-hybridized carbons (Fsp3) is 0.250. The molecule has 0 aliphatic carbocycles. The Morgan fingerprint density at radius 1 is 1.35 bits per heavy atom. The molecule has 0 radical (unpaired) electrons. The van der Waals surface area contributed by atoms with Crippen LogP contribution < -0.4 is 4.90 Å². The molecule has 0 fully saturated rings. The molecule has 2 aromatic rings. The van der Waals surface area contributed by atoms with Crippen molar-refractivity contribution in [3.05, 3.63) is 51.2 Å². The number of rotatable bonds is 4. The van der Waals surface area contributed by atoms with Gasteiger partial charge in [-0.15, -0.1) is 0 Å². The molecule has 0 atom stereocenters. The molecule has 2 aromatic heterocycles. The summed E-state index contributed by atoms with van der Waals surface area (Å²) < 4.78 is 0. The lowest BCUT2D eigenvalue weighted by atomic mass is 10.2. The second-order valence-electron chi connectivity index (χ2n) is 4.22. The van der Waals surface area contributed by atoms with E-state index < -0.39 is 4.92 Å². The molecule has 0 bridgehead atoms. The van der Waals surface area contributed by atoms with E-state index in [2.05, 4.69) is 15.0 Å². The topological polar surface area (TPSA) is 85.0 Å². The normalized spacial score (nSPS) is 10.3. The summed E-state index contributed by atoms with van der Waals surface area (Å²) in [5.41, 5.74) is 1.07. The van der Waals surface area contributed by atoms with Gasteiger partial charge in [-0.25, -0.2) is 4.98 Å². The van der Waals surface area contributed by atoms with Crippen LogP contribution in [0, 0.1) is 17.0 Å². The average molecular weight is 294 g/mol. The summed E-state index contributed by atoms with van der Waals surface area (Å²) >= 11 is 5.79. The maximum absolute atomic E-state index is 11.2. The third kappa shape index (κ3) is 3.00. The van der Waals surface area contributed by atoms with Crippen LogP contribution in [0.3, 0.4) is 0 Å².